The number of aryl methyl sites for hydroxylation is 1. The molecule has 128 valence electrons. The third-order valence-electron chi connectivity index (χ3n) is 3.99. The first-order chi connectivity index (χ1) is 11.5. The molecule has 0 radical (unpaired) electrons. The Balaban J connectivity index is 2.18. The lowest BCUT2D eigenvalue weighted by molar-refractivity contribution is -0.138. The van der Waals surface area contributed by atoms with Gasteiger partial charge in [-0.05, 0) is 60.7 Å². The van der Waals surface area contributed by atoms with Crippen molar-refractivity contribution in [2.24, 2.45) is 0 Å². The van der Waals surface area contributed by atoms with Crippen LogP contribution < -0.4 is 9.47 Å². The number of hydrogen-bond donors (Lipinski definition) is 1. The van der Waals surface area contributed by atoms with Crippen LogP contribution in [0.5, 0.6) is 11.5 Å². The van der Waals surface area contributed by atoms with Gasteiger partial charge in [-0.25, -0.2) is 0 Å². The summed E-state index contributed by atoms with van der Waals surface area (Å²) in [5, 5.41) is 9.65. The van der Waals surface area contributed by atoms with Crippen molar-refractivity contribution in [3.63, 3.8) is 0 Å². The summed E-state index contributed by atoms with van der Waals surface area (Å²) in [4.78, 5) is 11.8. The summed E-state index contributed by atoms with van der Waals surface area (Å²) in [6.07, 6.45) is 1.40. The summed E-state index contributed by atoms with van der Waals surface area (Å²) < 4.78 is 10.8. The van der Waals surface area contributed by atoms with Gasteiger partial charge in [0.15, 0.2) is 0 Å². The van der Waals surface area contributed by atoms with Crippen molar-refractivity contribution in [1.82, 2.24) is 0 Å². The van der Waals surface area contributed by atoms with Crippen LogP contribution in [-0.4, -0.2) is 24.8 Å². The van der Waals surface area contributed by atoms with E-state index in [0.29, 0.717) is 13.0 Å². The maximum atomic E-state index is 11.8. The summed E-state index contributed by atoms with van der Waals surface area (Å²) in [6, 6.07) is 13.2. The summed E-state index contributed by atoms with van der Waals surface area (Å²) in [5.41, 5.74) is 2.71. The van der Waals surface area contributed by atoms with Crippen LogP contribution in [0.1, 0.15) is 36.0 Å². The van der Waals surface area contributed by atoms with E-state index in [0.717, 1.165) is 34.6 Å². The predicted octanol–water partition coefficient (Wildman–Crippen LogP) is 4.20. The van der Waals surface area contributed by atoms with Gasteiger partial charge in [-0.15, -0.1) is 0 Å². The Kier molecular flexibility index (Phi) is 6.24. The molecule has 4 heteroatoms. The molecular formula is C20H24O4. The molecule has 0 fully saturated rings. The molecule has 1 atom stereocenters. The van der Waals surface area contributed by atoms with Crippen molar-refractivity contribution in [2.75, 3.05) is 13.7 Å². The van der Waals surface area contributed by atoms with Crippen molar-refractivity contribution in [2.45, 2.75) is 32.6 Å². The van der Waals surface area contributed by atoms with E-state index >= 15 is 0 Å². The van der Waals surface area contributed by atoms with Gasteiger partial charge in [0.2, 0.25) is 0 Å². The van der Waals surface area contributed by atoms with Gasteiger partial charge >= 0.3 is 5.97 Å². The quantitative estimate of drug-likeness (QED) is 0.789. The Labute approximate surface area is 143 Å². The van der Waals surface area contributed by atoms with Crippen LogP contribution in [0.25, 0.3) is 0 Å². The van der Waals surface area contributed by atoms with E-state index in [2.05, 4.69) is 6.92 Å². The summed E-state index contributed by atoms with van der Waals surface area (Å²) in [6.45, 7) is 4.65. The molecule has 2 aromatic rings. The molecule has 24 heavy (non-hydrogen) atoms. The van der Waals surface area contributed by atoms with Crippen molar-refractivity contribution in [1.29, 1.82) is 0 Å². The van der Waals surface area contributed by atoms with Crippen LogP contribution in [0.15, 0.2) is 42.5 Å². The standard InChI is InChI=1S/C20H24O4/c1-4-11-24-16-7-5-15(6-8-16)13-19(20(21)22)18-10-9-17(23-3)12-14(18)2/h5-10,12,19H,4,11,13H2,1-3H3,(H,21,22). The minimum atomic E-state index is -0.824. The Morgan fingerprint density at radius 1 is 1.12 bits per heavy atom. The average Bonchev–Trinajstić information content (AvgIpc) is 2.59. The third kappa shape index (κ3) is 4.51. The second kappa shape index (κ2) is 8.39. The van der Waals surface area contributed by atoms with E-state index in [-0.39, 0.29) is 0 Å². The molecule has 0 saturated carbocycles. The summed E-state index contributed by atoms with van der Waals surface area (Å²) >= 11 is 0. The van der Waals surface area contributed by atoms with Gasteiger partial charge in [-0.2, -0.15) is 0 Å². The fourth-order valence-electron chi connectivity index (χ4n) is 2.67. The lowest BCUT2D eigenvalue weighted by Crippen LogP contribution is -2.15. The van der Waals surface area contributed by atoms with E-state index < -0.39 is 11.9 Å². The van der Waals surface area contributed by atoms with Crippen molar-refractivity contribution in [3.8, 4) is 11.5 Å². The molecule has 2 rings (SSSR count). The van der Waals surface area contributed by atoms with Crippen molar-refractivity contribution >= 4 is 5.97 Å². The van der Waals surface area contributed by atoms with E-state index in [1.165, 1.54) is 0 Å². The molecular weight excluding hydrogens is 304 g/mol. The molecule has 0 aliphatic heterocycles. The number of benzene rings is 2. The van der Waals surface area contributed by atoms with Gasteiger partial charge in [0.1, 0.15) is 11.5 Å². The summed E-state index contributed by atoms with van der Waals surface area (Å²) in [5.74, 6) is 0.138. The number of methoxy groups -OCH3 is 1. The zero-order valence-electron chi connectivity index (χ0n) is 14.4. The zero-order valence-corrected chi connectivity index (χ0v) is 14.4. The number of rotatable bonds is 8. The third-order valence-corrected chi connectivity index (χ3v) is 3.99. The molecule has 0 saturated heterocycles. The van der Waals surface area contributed by atoms with Crippen molar-refractivity contribution in [3.05, 3.63) is 59.2 Å². The van der Waals surface area contributed by atoms with Crippen LogP contribution in [-0.2, 0) is 11.2 Å². The molecule has 0 spiro atoms. The highest BCUT2D eigenvalue weighted by Gasteiger charge is 2.22. The van der Waals surface area contributed by atoms with Crippen LogP contribution in [0.2, 0.25) is 0 Å². The van der Waals surface area contributed by atoms with Crippen LogP contribution in [0.3, 0.4) is 0 Å². The Morgan fingerprint density at radius 3 is 2.33 bits per heavy atom. The first-order valence-corrected chi connectivity index (χ1v) is 8.14. The molecule has 4 nitrogen and oxygen atoms in total. The number of hydrogen-bond acceptors (Lipinski definition) is 3. The molecule has 1 unspecified atom stereocenters. The van der Waals surface area contributed by atoms with Gasteiger partial charge in [-0.1, -0.05) is 25.1 Å². The van der Waals surface area contributed by atoms with Gasteiger partial charge in [0.05, 0.1) is 19.6 Å². The fourth-order valence-corrected chi connectivity index (χ4v) is 2.67. The van der Waals surface area contributed by atoms with E-state index in [4.69, 9.17) is 9.47 Å². The van der Waals surface area contributed by atoms with Gasteiger partial charge in [0, 0.05) is 0 Å². The van der Waals surface area contributed by atoms with Crippen LogP contribution in [0, 0.1) is 6.92 Å². The summed E-state index contributed by atoms with van der Waals surface area (Å²) in [7, 11) is 1.60. The number of ether oxygens (including phenoxy) is 2. The topological polar surface area (TPSA) is 55.8 Å². The van der Waals surface area contributed by atoms with Gasteiger partial charge in [0.25, 0.3) is 0 Å². The van der Waals surface area contributed by atoms with Gasteiger partial charge in [-0.3, -0.25) is 4.79 Å². The average molecular weight is 328 g/mol. The first-order valence-electron chi connectivity index (χ1n) is 8.14. The molecule has 0 aromatic heterocycles. The van der Waals surface area contributed by atoms with Crippen LogP contribution in [0.4, 0.5) is 0 Å². The van der Waals surface area contributed by atoms with E-state index in [1.807, 2.05) is 43.3 Å². The van der Waals surface area contributed by atoms with Gasteiger partial charge < -0.3 is 14.6 Å². The van der Waals surface area contributed by atoms with Crippen LogP contribution >= 0.6 is 0 Å². The number of carbonyl (C=O) groups is 1. The Hall–Kier alpha value is -2.49. The Morgan fingerprint density at radius 2 is 1.79 bits per heavy atom. The minimum absolute atomic E-state index is 0.441. The predicted molar refractivity (Wildman–Crippen MR) is 94.0 cm³/mol. The highest BCUT2D eigenvalue weighted by molar-refractivity contribution is 5.77. The maximum Gasteiger partial charge on any atom is 0.311 e. The first kappa shape index (κ1) is 17.9. The number of carboxylic acid groups (broad SMARTS) is 1. The molecule has 0 bridgehead atoms. The minimum Gasteiger partial charge on any atom is -0.497 e. The van der Waals surface area contributed by atoms with E-state index in [1.54, 1.807) is 13.2 Å². The fraction of sp³-hybridized carbons (Fsp3) is 0.350. The molecule has 0 heterocycles. The highest BCUT2D eigenvalue weighted by Crippen LogP contribution is 2.28. The second-order valence-corrected chi connectivity index (χ2v) is 5.81. The second-order valence-electron chi connectivity index (χ2n) is 5.81. The zero-order chi connectivity index (χ0) is 17.5. The molecule has 2 aromatic carbocycles. The maximum absolute atomic E-state index is 11.8. The van der Waals surface area contributed by atoms with E-state index in [9.17, 15) is 9.90 Å². The molecule has 0 aliphatic rings. The SMILES string of the molecule is CCCOc1ccc(CC(C(=O)O)c2ccc(OC)cc2C)cc1. The lowest BCUT2D eigenvalue weighted by Gasteiger charge is -2.16. The highest BCUT2D eigenvalue weighted by atomic mass is 16.5. The Bertz CT molecular complexity index is 677. The molecule has 0 aliphatic carbocycles. The molecule has 0 amide bonds. The smallest absolute Gasteiger partial charge is 0.311 e. The molecule has 1 N–H and O–H groups in total. The van der Waals surface area contributed by atoms with Crippen molar-refractivity contribution < 1.29 is 19.4 Å². The number of carboxylic acids is 1. The normalized spacial score (nSPS) is 11.8. The monoisotopic (exact) mass is 328 g/mol. The largest absolute Gasteiger partial charge is 0.497 e. The number of aliphatic carboxylic acids is 1. The lowest BCUT2D eigenvalue weighted by atomic mass is 9.89.